The summed E-state index contributed by atoms with van der Waals surface area (Å²) in [5.74, 6) is -0.369. The van der Waals surface area contributed by atoms with Gasteiger partial charge in [0, 0.05) is 19.2 Å². The van der Waals surface area contributed by atoms with Crippen LogP contribution in [0, 0.1) is 10.1 Å². The molecule has 1 aromatic rings. The lowest BCUT2D eigenvalue weighted by Crippen LogP contribution is -2.37. The van der Waals surface area contributed by atoms with Gasteiger partial charge >= 0.3 is 5.69 Å². The number of β-amino-alcohol motifs (C(OH)–C–C–N with tert-alkyl or cyclic N) is 1. The average Bonchev–Trinajstić information content (AvgIpc) is 2.40. The number of aromatic hydroxyl groups is 1. The highest BCUT2D eigenvalue weighted by Gasteiger charge is 2.22. The van der Waals surface area contributed by atoms with Crippen molar-refractivity contribution in [3.05, 3.63) is 27.8 Å². The van der Waals surface area contributed by atoms with Crippen molar-refractivity contribution < 1.29 is 19.9 Å². The van der Waals surface area contributed by atoms with Gasteiger partial charge in [0.05, 0.1) is 18.1 Å². The number of piperidine rings is 1. The van der Waals surface area contributed by atoms with Crippen LogP contribution in [0.25, 0.3) is 0 Å². The monoisotopic (exact) mass is 282 g/mol. The summed E-state index contributed by atoms with van der Waals surface area (Å²) in [5, 5.41) is 30.3. The summed E-state index contributed by atoms with van der Waals surface area (Å²) in [5.41, 5.74) is 0.317. The van der Waals surface area contributed by atoms with Gasteiger partial charge in [-0.2, -0.15) is 0 Å². The largest absolute Gasteiger partial charge is 0.500 e. The number of phenolic OH excluding ortho intramolecular Hbond substituents is 1. The Morgan fingerprint density at radius 2 is 2.30 bits per heavy atom. The van der Waals surface area contributed by atoms with Crippen LogP contribution < -0.4 is 4.74 Å². The quantitative estimate of drug-likeness (QED) is 0.637. The van der Waals surface area contributed by atoms with E-state index in [-0.39, 0.29) is 17.5 Å². The van der Waals surface area contributed by atoms with E-state index in [2.05, 4.69) is 0 Å². The number of nitrogens with zero attached hydrogens (tertiary/aromatic N) is 2. The number of likely N-dealkylation sites (tertiary alicyclic amines) is 1. The van der Waals surface area contributed by atoms with Gasteiger partial charge in [0.1, 0.15) is 0 Å². The van der Waals surface area contributed by atoms with Crippen molar-refractivity contribution >= 4 is 5.69 Å². The summed E-state index contributed by atoms with van der Waals surface area (Å²) in [4.78, 5) is 12.3. The zero-order chi connectivity index (χ0) is 14.7. The highest BCUT2D eigenvalue weighted by Crippen LogP contribution is 2.37. The number of hydrogen-bond acceptors (Lipinski definition) is 6. The van der Waals surface area contributed by atoms with E-state index in [9.17, 15) is 20.3 Å². The van der Waals surface area contributed by atoms with Crippen LogP contribution in [0.4, 0.5) is 5.69 Å². The maximum Gasteiger partial charge on any atom is 0.314 e. The van der Waals surface area contributed by atoms with Crippen molar-refractivity contribution in [2.75, 3.05) is 20.2 Å². The Balaban J connectivity index is 2.23. The fourth-order valence-electron chi connectivity index (χ4n) is 2.47. The smallest absolute Gasteiger partial charge is 0.314 e. The molecule has 1 unspecified atom stereocenters. The Bertz CT molecular complexity index is 506. The lowest BCUT2D eigenvalue weighted by atomic mass is 10.1. The number of methoxy groups -OCH3 is 1. The summed E-state index contributed by atoms with van der Waals surface area (Å²) in [6, 6.07) is 2.93. The van der Waals surface area contributed by atoms with Gasteiger partial charge in [0.2, 0.25) is 5.75 Å². The van der Waals surface area contributed by atoms with Gasteiger partial charge in [-0.05, 0) is 31.0 Å². The molecule has 0 aromatic heterocycles. The van der Waals surface area contributed by atoms with Gasteiger partial charge in [-0.3, -0.25) is 15.0 Å². The SMILES string of the molecule is COc1cc(CN2CCCC(O)C2)cc([N+](=O)[O-])c1O. The molecule has 7 nitrogen and oxygen atoms in total. The molecule has 0 amide bonds. The minimum atomic E-state index is -0.633. The fourth-order valence-corrected chi connectivity index (χ4v) is 2.47. The van der Waals surface area contributed by atoms with Crippen molar-refractivity contribution in [3.8, 4) is 11.5 Å². The first kappa shape index (κ1) is 14.5. The Labute approximate surface area is 116 Å². The van der Waals surface area contributed by atoms with Crippen molar-refractivity contribution in [2.24, 2.45) is 0 Å². The number of ether oxygens (including phenoxy) is 1. The summed E-state index contributed by atoms with van der Waals surface area (Å²) in [6.45, 7) is 1.87. The molecule has 1 aromatic carbocycles. The summed E-state index contributed by atoms with van der Waals surface area (Å²) < 4.78 is 4.96. The zero-order valence-electron chi connectivity index (χ0n) is 11.3. The molecule has 1 aliphatic heterocycles. The molecule has 1 heterocycles. The topological polar surface area (TPSA) is 96.1 Å². The summed E-state index contributed by atoms with van der Waals surface area (Å²) >= 11 is 0. The van der Waals surface area contributed by atoms with Crippen molar-refractivity contribution in [2.45, 2.75) is 25.5 Å². The normalized spacial score (nSPS) is 19.8. The molecule has 0 spiro atoms. The molecule has 0 aliphatic carbocycles. The first-order valence-corrected chi connectivity index (χ1v) is 6.46. The molecule has 1 aliphatic rings. The van der Waals surface area contributed by atoms with E-state index < -0.39 is 10.7 Å². The van der Waals surface area contributed by atoms with Crippen LogP contribution in [0.3, 0.4) is 0 Å². The van der Waals surface area contributed by atoms with Crippen LogP contribution in [-0.2, 0) is 6.54 Å². The maximum atomic E-state index is 10.9. The number of nitro benzene ring substituents is 1. The highest BCUT2D eigenvalue weighted by molar-refractivity contribution is 5.57. The van der Waals surface area contributed by atoms with E-state index in [4.69, 9.17) is 4.74 Å². The standard InChI is InChI=1S/C13H18N2O5/c1-20-12-6-9(5-11(13(12)17)15(18)19)7-14-4-2-3-10(16)8-14/h5-6,10,16-17H,2-4,7-8H2,1H3. The Morgan fingerprint density at radius 1 is 1.55 bits per heavy atom. The molecule has 0 radical (unpaired) electrons. The number of benzene rings is 1. The number of aliphatic hydroxyl groups is 1. The number of phenols is 1. The van der Waals surface area contributed by atoms with Gasteiger partial charge in [-0.15, -0.1) is 0 Å². The lowest BCUT2D eigenvalue weighted by molar-refractivity contribution is -0.386. The molecule has 0 saturated carbocycles. The molecule has 2 rings (SSSR count). The first-order valence-electron chi connectivity index (χ1n) is 6.46. The molecule has 2 N–H and O–H groups in total. The molecule has 1 saturated heterocycles. The highest BCUT2D eigenvalue weighted by atomic mass is 16.6. The molecule has 0 bridgehead atoms. The first-order chi connectivity index (χ1) is 9.51. The van der Waals surface area contributed by atoms with E-state index in [1.165, 1.54) is 13.2 Å². The predicted octanol–water partition coefficient (Wildman–Crippen LogP) is 1.27. The van der Waals surface area contributed by atoms with Crippen LogP contribution >= 0.6 is 0 Å². The number of hydrogen-bond donors (Lipinski definition) is 2. The van der Waals surface area contributed by atoms with Gasteiger partial charge in [-0.25, -0.2) is 0 Å². The van der Waals surface area contributed by atoms with E-state index in [1.807, 2.05) is 4.90 Å². The number of rotatable bonds is 4. The molecule has 7 heteroatoms. The van der Waals surface area contributed by atoms with Crippen LogP contribution in [0.5, 0.6) is 11.5 Å². The van der Waals surface area contributed by atoms with Crippen LogP contribution in [0.1, 0.15) is 18.4 Å². The molecular formula is C13H18N2O5. The molecular weight excluding hydrogens is 264 g/mol. The summed E-state index contributed by atoms with van der Waals surface area (Å²) in [7, 11) is 1.35. The van der Waals surface area contributed by atoms with Crippen molar-refractivity contribution in [3.63, 3.8) is 0 Å². The molecule has 1 fully saturated rings. The lowest BCUT2D eigenvalue weighted by Gasteiger charge is -2.30. The van der Waals surface area contributed by atoms with Crippen LogP contribution in [0.15, 0.2) is 12.1 Å². The number of aliphatic hydroxyl groups excluding tert-OH is 1. The Hall–Kier alpha value is -1.86. The summed E-state index contributed by atoms with van der Waals surface area (Å²) in [6.07, 6.45) is 1.34. The third-order valence-corrected chi connectivity index (χ3v) is 3.42. The maximum absolute atomic E-state index is 10.9. The second-order valence-electron chi connectivity index (χ2n) is 4.95. The third kappa shape index (κ3) is 3.17. The predicted molar refractivity (Wildman–Crippen MR) is 71.8 cm³/mol. The fraction of sp³-hybridized carbons (Fsp3) is 0.538. The van der Waals surface area contributed by atoms with Gasteiger partial charge in [-0.1, -0.05) is 0 Å². The minimum absolute atomic E-state index is 0.0896. The Morgan fingerprint density at radius 3 is 2.90 bits per heavy atom. The van der Waals surface area contributed by atoms with E-state index in [0.717, 1.165) is 19.4 Å². The second kappa shape index (κ2) is 6.06. The van der Waals surface area contributed by atoms with Crippen molar-refractivity contribution in [1.29, 1.82) is 0 Å². The van der Waals surface area contributed by atoms with Gasteiger partial charge in [0.15, 0.2) is 5.75 Å². The molecule has 20 heavy (non-hydrogen) atoms. The molecule has 110 valence electrons. The van der Waals surface area contributed by atoms with E-state index in [1.54, 1.807) is 6.07 Å². The van der Waals surface area contributed by atoms with Crippen LogP contribution in [0.2, 0.25) is 0 Å². The average molecular weight is 282 g/mol. The third-order valence-electron chi connectivity index (χ3n) is 3.42. The van der Waals surface area contributed by atoms with E-state index in [0.29, 0.717) is 18.7 Å². The Kier molecular flexibility index (Phi) is 4.41. The minimum Gasteiger partial charge on any atom is -0.500 e. The second-order valence-corrected chi connectivity index (χ2v) is 4.95. The van der Waals surface area contributed by atoms with Gasteiger partial charge < -0.3 is 14.9 Å². The van der Waals surface area contributed by atoms with Gasteiger partial charge in [0.25, 0.3) is 0 Å². The van der Waals surface area contributed by atoms with Crippen LogP contribution in [-0.4, -0.2) is 46.3 Å². The van der Waals surface area contributed by atoms with Crippen molar-refractivity contribution in [1.82, 2.24) is 4.90 Å². The molecule has 1 atom stereocenters. The zero-order valence-corrected chi connectivity index (χ0v) is 11.3. The van der Waals surface area contributed by atoms with E-state index >= 15 is 0 Å². The number of nitro groups is 1.